The Hall–Kier alpha value is -0.670. The molecule has 2 N–H and O–H groups in total. The van der Waals surface area contributed by atoms with Gasteiger partial charge in [0.1, 0.15) is 6.29 Å². The van der Waals surface area contributed by atoms with E-state index in [2.05, 4.69) is 20.8 Å². The second-order valence-electron chi connectivity index (χ2n) is 9.24. The maximum Gasteiger partial charge on any atom is 0.145 e. The van der Waals surface area contributed by atoms with Gasteiger partial charge in [0.2, 0.25) is 0 Å². The zero-order chi connectivity index (χ0) is 16.9. The zero-order valence-corrected chi connectivity index (χ0v) is 14.8. The molecule has 3 rings (SSSR count). The molecule has 0 heterocycles. The molecule has 0 amide bonds. The molecule has 3 nitrogen and oxygen atoms in total. The summed E-state index contributed by atoms with van der Waals surface area (Å²) in [6.07, 6.45) is 9.13. The third-order valence-electron chi connectivity index (χ3n) is 7.82. The molecule has 0 spiro atoms. The molecule has 5 atom stereocenters. The van der Waals surface area contributed by atoms with Crippen molar-refractivity contribution in [3.05, 3.63) is 11.6 Å². The Morgan fingerprint density at radius 3 is 2.61 bits per heavy atom. The van der Waals surface area contributed by atoms with Crippen molar-refractivity contribution in [2.45, 2.75) is 71.8 Å². The second-order valence-corrected chi connectivity index (χ2v) is 9.24. The van der Waals surface area contributed by atoms with Crippen molar-refractivity contribution in [2.24, 2.45) is 28.1 Å². The molecule has 0 aromatic rings. The van der Waals surface area contributed by atoms with Gasteiger partial charge in [0.25, 0.3) is 0 Å². The largest absolute Gasteiger partial charge is 0.396 e. The van der Waals surface area contributed by atoms with E-state index >= 15 is 0 Å². The van der Waals surface area contributed by atoms with E-state index < -0.39 is 11.5 Å². The van der Waals surface area contributed by atoms with Crippen molar-refractivity contribution in [1.82, 2.24) is 0 Å². The number of fused-ring (bicyclic) bond motifs is 3. The van der Waals surface area contributed by atoms with Gasteiger partial charge >= 0.3 is 0 Å². The first kappa shape index (κ1) is 17.2. The minimum atomic E-state index is -0.612. The molecule has 23 heavy (non-hydrogen) atoms. The van der Waals surface area contributed by atoms with Gasteiger partial charge in [-0.05, 0) is 60.3 Å². The Morgan fingerprint density at radius 1 is 1.22 bits per heavy atom. The number of carbonyl (C=O) groups is 1. The standard InChI is InChI=1S/C20H32O3/c1-18(2)8-4-9-19(3)15(18)7-10-20(13-22)16(19)6-5-14(12-21)11-17(20)23/h5,12,15-17,22-23H,4,6-11,13H2,1-3H3/t15?,16-,17-,19+,20+/m1/s1. The number of aldehydes is 1. The lowest BCUT2D eigenvalue weighted by molar-refractivity contribution is -0.181. The highest BCUT2D eigenvalue weighted by Crippen LogP contribution is 2.66. The van der Waals surface area contributed by atoms with Crippen LogP contribution in [0.3, 0.4) is 0 Å². The van der Waals surface area contributed by atoms with Gasteiger partial charge < -0.3 is 10.2 Å². The summed E-state index contributed by atoms with van der Waals surface area (Å²) in [5, 5.41) is 21.2. The van der Waals surface area contributed by atoms with E-state index in [9.17, 15) is 15.0 Å². The fourth-order valence-electron chi connectivity index (χ4n) is 6.62. The molecule has 0 aliphatic heterocycles. The first-order valence-corrected chi connectivity index (χ1v) is 9.23. The van der Waals surface area contributed by atoms with E-state index in [1.165, 1.54) is 19.3 Å². The van der Waals surface area contributed by atoms with Crippen molar-refractivity contribution in [3.63, 3.8) is 0 Å². The van der Waals surface area contributed by atoms with Crippen LogP contribution in [-0.4, -0.2) is 29.2 Å². The average molecular weight is 320 g/mol. The lowest BCUT2D eigenvalue weighted by Gasteiger charge is -2.63. The SMILES string of the molecule is CC1(C)CCC[C@@]2(C)C1CC[C@@]1(CO)[C@H](O)CC(C=O)=CC[C@@H]12. The summed E-state index contributed by atoms with van der Waals surface area (Å²) in [5.41, 5.74) is 0.719. The number of hydrogen-bond donors (Lipinski definition) is 2. The van der Waals surface area contributed by atoms with E-state index in [0.29, 0.717) is 23.3 Å². The lowest BCUT2D eigenvalue weighted by atomic mass is 9.42. The monoisotopic (exact) mass is 320 g/mol. The van der Waals surface area contributed by atoms with Crippen molar-refractivity contribution >= 4 is 6.29 Å². The molecule has 2 saturated carbocycles. The maximum absolute atomic E-state index is 11.3. The number of carbonyl (C=O) groups excluding carboxylic acids is 1. The number of allylic oxidation sites excluding steroid dienone is 1. The van der Waals surface area contributed by atoms with Crippen LogP contribution < -0.4 is 0 Å². The van der Waals surface area contributed by atoms with Gasteiger partial charge in [-0.15, -0.1) is 0 Å². The summed E-state index contributed by atoms with van der Waals surface area (Å²) in [4.78, 5) is 11.3. The Bertz CT molecular complexity index is 509. The topological polar surface area (TPSA) is 57.5 Å². The third-order valence-corrected chi connectivity index (χ3v) is 7.82. The van der Waals surface area contributed by atoms with Gasteiger partial charge in [0, 0.05) is 11.8 Å². The highest BCUT2D eigenvalue weighted by molar-refractivity contribution is 5.73. The van der Waals surface area contributed by atoms with Gasteiger partial charge in [-0.1, -0.05) is 33.3 Å². The number of aliphatic hydroxyl groups excluding tert-OH is 2. The molecule has 3 aliphatic carbocycles. The fraction of sp³-hybridized carbons (Fsp3) is 0.850. The summed E-state index contributed by atoms with van der Waals surface area (Å²) < 4.78 is 0. The Morgan fingerprint density at radius 2 is 1.96 bits per heavy atom. The first-order chi connectivity index (χ1) is 10.8. The number of rotatable bonds is 2. The van der Waals surface area contributed by atoms with Crippen LogP contribution >= 0.6 is 0 Å². The summed E-state index contributed by atoms with van der Waals surface area (Å²) in [6.45, 7) is 7.20. The molecule has 3 heteroatoms. The van der Waals surface area contributed by atoms with Crippen molar-refractivity contribution in [3.8, 4) is 0 Å². The maximum atomic E-state index is 11.3. The first-order valence-electron chi connectivity index (χ1n) is 9.23. The summed E-state index contributed by atoms with van der Waals surface area (Å²) in [7, 11) is 0. The van der Waals surface area contributed by atoms with Gasteiger partial charge in [-0.25, -0.2) is 0 Å². The number of aliphatic hydroxyl groups is 2. The van der Waals surface area contributed by atoms with Crippen LogP contribution in [0.4, 0.5) is 0 Å². The summed E-state index contributed by atoms with van der Waals surface area (Å²) in [5.74, 6) is 0.887. The van der Waals surface area contributed by atoms with Crippen molar-refractivity contribution in [1.29, 1.82) is 0 Å². The molecular weight excluding hydrogens is 288 g/mol. The quantitative estimate of drug-likeness (QED) is 0.766. The Kier molecular flexibility index (Phi) is 4.25. The fourth-order valence-corrected chi connectivity index (χ4v) is 6.62. The Balaban J connectivity index is 2.06. The zero-order valence-electron chi connectivity index (χ0n) is 14.8. The smallest absolute Gasteiger partial charge is 0.145 e. The highest BCUT2D eigenvalue weighted by Gasteiger charge is 2.61. The predicted octanol–water partition coefficient (Wildman–Crippen LogP) is 3.49. The average Bonchev–Trinajstić information content (AvgIpc) is 2.64. The number of hydrogen-bond acceptors (Lipinski definition) is 3. The van der Waals surface area contributed by atoms with Crippen LogP contribution in [0.15, 0.2) is 11.6 Å². The minimum Gasteiger partial charge on any atom is -0.396 e. The molecule has 0 aromatic carbocycles. The van der Waals surface area contributed by atoms with Crippen LogP contribution in [0.5, 0.6) is 0 Å². The van der Waals surface area contributed by atoms with E-state index in [-0.39, 0.29) is 17.9 Å². The van der Waals surface area contributed by atoms with Gasteiger partial charge in [-0.2, -0.15) is 0 Å². The normalized spacial score (nSPS) is 46.1. The molecule has 0 radical (unpaired) electrons. The van der Waals surface area contributed by atoms with Crippen molar-refractivity contribution < 1.29 is 15.0 Å². The predicted molar refractivity (Wildman–Crippen MR) is 90.9 cm³/mol. The van der Waals surface area contributed by atoms with Crippen LogP contribution in [0.25, 0.3) is 0 Å². The molecule has 1 unspecified atom stereocenters. The van der Waals surface area contributed by atoms with Gasteiger partial charge in [0.05, 0.1) is 12.7 Å². The van der Waals surface area contributed by atoms with Crippen molar-refractivity contribution in [2.75, 3.05) is 6.61 Å². The molecule has 130 valence electrons. The van der Waals surface area contributed by atoms with E-state index in [1.54, 1.807) is 0 Å². The van der Waals surface area contributed by atoms with Gasteiger partial charge in [0.15, 0.2) is 0 Å². The summed E-state index contributed by atoms with van der Waals surface area (Å²) >= 11 is 0. The second kappa shape index (κ2) is 5.70. The van der Waals surface area contributed by atoms with Crippen LogP contribution in [-0.2, 0) is 4.79 Å². The highest BCUT2D eigenvalue weighted by atomic mass is 16.3. The Labute approximate surface area is 140 Å². The van der Waals surface area contributed by atoms with Gasteiger partial charge in [-0.3, -0.25) is 4.79 Å². The van der Waals surface area contributed by atoms with Crippen LogP contribution in [0, 0.1) is 28.1 Å². The molecule has 0 saturated heterocycles. The molecule has 0 aromatic heterocycles. The van der Waals surface area contributed by atoms with E-state index in [0.717, 1.165) is 25.5 Å². The summed E-state index contributed by atoms with van der Waals surface area (Å²) in [6, 6.07) is 0. The molecule has 0 bridgehead atoms. The van der Waals surface area contributed by atoms with E-state index in [1.807, 2.05) is 6.08 Å². The van der Waals surface area contributed by atoms with Crippen LogP contribution in [0.1, 0.15) is 65.7 Å². The molecular formula is C20H32O3. The lowest BCUT2D eigenvalue weighted by Crippen LogP contribution is -2.59. The molecule has 3 aliphatic rings. The van der Waals surface area contributed by atoms with E-state index in [4.69, 9.17) is 0 Å². The third kappa shape index (κ3) is 2.42. The molecule has 2 fully saturated rings. The minimum absolute atomic E-state index is 0.0293. The van der Waals surface area contributed by atoms with Crippen LogP contribution in [0.2, 0.25) is 0 Å².